The normalized spacial score (nSPS) is 10.1. The average molecular weight is 373 g/mol. The highest BCUT2D eigenvalue weighted by Gasteiger charge is 2.07. The summed E-state index contributed by atoms with van der Waals surface area (Å²) in [7, 11) is 1.64. The standard InChI is InChI=1S/C19H20N2O2S2/c1-23-15-7-9-16(10-8-15)24-14-11-19(22)21-17-5-2-3-6-18(17)25-13-4-12-20/h2-3,5-10H,4,11,13-14H2,1H3,(H,21,22). The molecule has 2 aromatic rings. The number of hydrogen-bond donors (Lipinski definition) is 1. The van der Waals surface area contributed by atoms with Crippen molar-refractivity contribution >= 4 is 35.1 Å². The Kier molecular flexibility index (Phi) is 8.23. The lowest BCUT2D eigenvalue weighted by molar-refractivity contribution is -0.115. The Bertz CT molecular complexity index is 727. The number of nitriles is 1. The van der Waals surface area contributed by atoms with Crippen LogP contribution >= 0.6 is 23.5 Å². The number of hydrogen-bond acceptors (Lipinski definition) is 5. The quantitative estimate of drug-likeness (QED) is 0.505. The largest absolute Gasteiger partial charge is 0.497 e. The lowest BCUT2D eigenvalue weighted by atomic mass is 10.3. The number of para-hydroxylation sites is 1. The van der Waals surface area contributed by atoms with Crippen molar-refractivity contribution in [3.63, 3.8) is 0 Å². The van der Waals surface area contributed by atoms with Crippen LogP contribution in [0, 0.1) is 11.3 Å². The summed E-state index contributed by atoms with van der Waals surface area (Å²) in [5, 5.41) is 11.6. The molecule has 0 saturated heterocycles. The van der Waals surface area contributed by atoms with E-state index in [1.54, 1.807) is 30.6 Å². The molecule has 1 amide bonds. The van der Waals surface area contributed by atoms with Crippen molar-refractivity contribution in [3.05, 3.63) is 48.5 Å². The molecule has 2 aromatic carbocycles. The topological polar surface area (TPSA) is 62.1 Å². The van der Waals surface area contributed by atoms with Crippen LogP contribution in [-0.2, 0) is 4.79 Å². The molecule has 0 atom stereocenters. The molecule has 4 nitrogen and oxygen atoms in total. The van der Waals surface area contributed by atoms with E-state index in [4.69, 9.17) is 10.00 Å². The lowest BCUT2D eigenvalue weighted by Crippen LogP contribution is -2.12. The summed E-state index contributed by atoms with van der Waals surface area (Å²) in [6, 6.07) is 17.6. The summed E-state index contributed by atoms with van der Waals surface area (Å²) in [5.41, 5.74) is 0.810. The zero-order valence-electron chi connectivity index (χ0n) is 14.0. The van der Waals surface area contributed by atoms with Gasteiger partial charge < -0.3 is 10.1 Å². The fraction of sp³-hybridized carbons (Fsp3) is 0.263. The number of benzene rings is 2. The Hall–Kier alpha value is -2.10. The Morgan fingerprint density at radius 3 is 2.60 bits per heavy atom. The third kappa shape index (κ3) is 6.73. The van der Waals surface area contributed by atoms with Gasteiger partial charge in [0.2, 0.25) is 5.91 Å². The van der Waals surface area contributed by atoms with Gasteiger partial charge in [-0.15, -0.1) is 23.5 Å². The summed E-state index contributed by atoms with van der Waals surface area (Å²) in [5.74, 6) is 2.25. The summed E-state index contributed by atoms with van der Waals surface area (Å²) in [4.78, 5) is 14.3. The summed E-state index contributed by atoms with van der Waals surface area (Å²) in [6.45, 7) is 0. The van der Waals surface area contributed by atoms with E-state index < -0.39 is 0 Å². The van der Waals surface area contributed by atoms with Gasteiger partial charge in [-0.05, 0) is 36.4 Å². The smallest absolute Gasteiger partial charge is 0.225 e. The highest BCUT2D eigenvalue weighted by molar-refractivity contribution is 7.99. The van der Waals surface area contributed by atoms with Crippen molar-refractivity contribution in [3.8, 4) is 11.8 Å². The first-order valence-electron chi connectivity index (χ1n) is 7.88. The van der Waals surface area contributed by atoms with E-state index in [1.165, 1.54) is 0 Å². The zero-order valence-corrected chi connectivity index (χ0v) is 15.7. The zero-order chi connectivity index (χ0) is 17.9. The van der Waals surface area contributed by atoms with Crippen LogP contribution in [0.15, 0.2) is 58.3 Å². The van der Waals surface area contributed by atoms with Gasteiger partial charge in [-0.1, -0.05) is 12.1 Å². The minimum atomic E-state index is -0.00524. The van der Waals surface area contributed by atoms with Crippen LogP contribution in [0.5, 0.6) is 5.75 Å². The molecular weight excluding hydrogens is 352 g/mol. The first-order valence-corrected chi connectivity index (χ1v) is 9.85. The molecule has 0 saturated carbocycles. The molecular formula is C19H20N2O2S2. The molecule has 0 aliphatic heterocycles. The van der Waals surface area contributed by atoms with E-state index >= 15 is 0 Å². The van der Waals surface area contributed by atoms with Crippen LogP contribution in [0.3, 0.4) is 0 Å². The van der Waals surface area contributed by atoms with E-state index in [9.17, 15) is 4.79 Å². The minimum absolute atomic E-state index is 0.00524. The van der Waals surface area contributed by atoms with Gasteiger partial charge in [0.15, 0.2) is 0 Å². The lowest BCUT2D eigenvalue weighted by Gasteiger charge is -2.10. The number of nitrogens with one attached hydrogen (secondary N) is 1. The van der Waals surface area contributed by atoms with E-state index in [0.717, 1.165) is 27.0 Å². The molecule has 2 rings (SSSR count). The molecule has 6 heteroatoms. The number of anilines is 1. The van der Waals surface area contributed by atoms with Gasteiger partial charge in [0.05, 0.1) is 18.9 Å². The molecule has 0 bridgehead atoms. The van der Waals surface area contributed by atoms with Crippen LogP contribution < -0.4 is 10.1 Å². The maximum Gasteiger partial charge on any atom is 0.225 e. The number of carbonyl (C=O) groups excluding carboxylic acids is 1. The fourth-order valence-electron chi connectivity index (χ4n) is 2.05. The molecule has 0 aromatic heterocycles. The second-order valence-electron chi connectivity index (χ2n) is 5.07. The van der Waals surface area contributed by atoms with Gasteiger partial charge in [0.25, 0.3) is 0 Å². The predicted octanol–water partition coefficient (Wildman–Crippen LogP) is 4.82. The van der Waals surface area contributed by atoms with E-state index in [1.807, 2.05) is 48.5 Å². The Balaban J connectivity index is 1.80. The van der Waals surface area contributed by atoms with Gasteiger partial charge in [-0.2, -0.15) is 5.26 Å². The maximum absolute atomic E-state index is 12.2. The molecule has 0 unspecified atom stereocenters. The maximum atomic E-state index is 12.2. The van der Waals surface area contributed by atoms with Crippen molar-refractivity contribution < 1.29 is 9.53 Å². The Labute approximate surface area is 157 Å². The van der Waals surface area contributed by atoms with E-state index in [2.05, 4.69) is 11.4 Å². The number of thioether (sulfide) groups is 2. The van der Waals surface area contributed by atoms with Crippen LogP contribution in [0.1, 0.15) is 12.8 Å². The van der Waals surface area contributed by atoms with E-state index in [-0.39, 0.29) is 5.91 Å². The van der Waals surface area contributed by atoms with Crippen LogP contribution in [0.25, 0.3) is 0 Å². The molecule has 25 heavy (non-hydrogen) atoms. The van der Waals surface area contributed by atoms with Crippen LogP contribution in [-0.4, -0.2) is 24.5 Å². The molecule has 0 aliphatic rings. The third-order valence-corrected chi connectivity index (χ3v) is 5.38. The predicted molar refractivity (Wildman–Crippen MR) is 104 cm³/mol. The van der Waals surface area contributed by atoms with Crippen molar-refractivity contribution in [2.75, 3.05) is 23.9 Å². The SMILES string of the molecule is COc1ccc(SCCC(=O)Nc2ccccc2SCCC#N)cc1. The van der Waals surface area contributed by atoms with Crippen LogP contribution in [0.4, 0.5) is 5.69 Å². The number of methoxy groups -OCH3 is 1. The number of amides is 1. The summed E-state index contributed by atoms with van der Waals surface area (Å²) in [6.07, 6.45) is 0.930. The fourth-order valence-corrected chi connectivity index (χ4v) is 3.76. The summed E-state index contributed by atoms with van der Waals surface area (Å²) >= 11 is 3.23. The number of nitrogens with zero attached hydrogens (tertiary/aromatic N) is 1. The molecule has 0 radical (unpaired) electrons. The van der Waals surface area contributed by atoms with Crippen molar-refractivity contribution in [2.24, 2.45) is 0 Å². The number of ether oxygens (including phenoxy) is 1. The highest BCUT2D eigenvalue weighted by Crippen LogP contribution is 2.28. The van der Waals surface area contributed by atoms with Crippen molar-refractivity contribution in [1.29, 1.82) is 5.26 Å². The molecule has 0 aliphatic carbocycles. The van der Waals surface area contributed by atoms with E-state index in [0.29, 0.717) is 18.6 Å². The molecule has 0 fully saturated rings. The molecule has 0 spiro atoms. The number of carbonyl (C=O) groups is 1. The van der Waals surface area contributed by atoms with Gasteiger partial charge in [0, 0.05) is 34.1 Å². The Morgan fingerprint density at radius 1 is 1.12 bits per heavy atom. The van der Waals surface area contributed by atoms with Crippen molar-refractivity contribution in [2.45, 2.75) is 22.6 Å². The Morgan fingerprint density at radius 2 is 1.88 bits per heavy atom. The first kappa shape index (κ1) is 19.2. The highest BCUT2D eigenvalue weighted by atomic mass is 32.2. The average Bonchev–Trinajstić information content (AvgIpc) is 2.64. The molecule has 0 heterocycles. The van der Waals surface area contributed by atoms with Gasteiger partial charge in [0.1, 0.15) is 5.75 Å². The second-order valence-corrected chi connectivity index (χ2v) is 7.38. The monoisotopic (exact) mass is 372 g/mol. The number of rotatable bonds is 9. The molecule has 1 N–H and O–H groups in total. The summed E-state index contributed by atoms with van der Waals surface area (Å²) < 4.78 is 5.13. The first-order chi connectivity index (χ1) is 12.2. The molecule has 130 valence electrons. The van der Waals surface area contributed by atoms with Gasteiger partial charge >= 0.3 is 0 Å². The van der Waals surface area contributed by atoms with Gasteiger partial charge in [-0.25, -0.2) is 0 Å². The third-order valence-electron chi connectivity index (χ3n) is 3.29. The minimum Gasteiger partial charge on any atom is -0.497 e. The van der Waals surface area contributed by atoms with Crippen LogP contribution in [0.2, 0.25) is 0 Å². The van der Waals surface area contributed by atoms with Gasteiger partial charge in [-0.3, -0.25) is 4.79 Å². The van der Waals surface area contributed by atoms with Crippen molar-refractivity contribution in [1.82, 2.24) is 0 Å². The second kappa shape index (κ2) is 10.7.